The van der Waals surface area contributed by atoms with Gasteiger partial charge in [0.1, 0.15) is 5.76 Å². The molecule has 0 saturated carbocycles. The van der Waals surface area contributed by atoms with Gasteiger partial charge in [0.2, 0.25) is 0 Å². The van der Waals surface area contributed by atoms with Gasteiger partial charge in [0.15, 0.2) is 10.4 Å². The van der Waals surface area contributed by atoms with Crippen LogP contribution in [0.4, 0.5) is 0 Å². The Hall–Kier alpha value is -1.56. The van der Waals surface area contributed by atoms with E-state index in [0.717, 1.165) is 11.5 Å². The molecule has 1 amide bonds. The zero-order valence-corrected chi connectivity index (χ0v) is 12.1. The molecular formula is C12H14BrN3O2. The standard InChI is InChI=1S/C12H14BrN3O2/c1-8-6-10(14-16(8)3)12(17)15(2)7-9-4-5-11(13)18-9/h4-6H,7H2,1-3H3. The molecule has 0 spiro atoms. The predicted octanol–water partition coefficient (Wildman–Crippen LogP) is 2.36. The minimum atomic E-state index is -0.119. The van der Waals surface area contributed by atoms with Gasteiger partial charge in [-0.15, -0.1) is 0 Å². The van der Waals surface area contributed by atoms with Crippen LogP contribution in [0, 0.1) is 6.92 Å². The lowest BCUT2D eigenvalue weighted by atomic mass is 10.3. The Bertz CT molecular complexity index is 554. The highest BCUT2D eigenvalue weighted by Gasteiger charge is 2.17. The van der Waals surface area contributed by atoms with E-state index >= 15 is 0 Å². The van der Waals surface area contributed by atoms with Crippen molar-refractivity contribution in [3.05, 3.63) is 40.0 Å². The van der Waals surface area contributed by atoms with Crippen LogP contribution in [0.5, 0.6) is 0 Å². The van der Waals surface area contributed by atoms with Crippen LogP contribution in [0.2, 0.25) is 0 Å². The molecule has 0 aliphatic heterocycles. The first-order valence-electron chi connectivity index (χ1n) is 5.47. The van der Waals surface area contributed by atoms with Crippen molar-refractivity contribution >= 4 is 21.8 Å². The number of hydrogen-bond donors (Lipinski definition) is 0. The summed E-state index contributed by atoms with van der Waals surface area (Å²) in [4.78, 5) is 13.7. The van der Waals surface area contributed by atoms with E-state index in [2.05, 4.69) is 21.0 Å². The molecular weight excluding hydrogens is 298 g/mol. The van der Waals surface area contributed by atoms with Crippen molar-refractivity contribution in [2.45, 2.75) is 13.5 Å². The van der Waals surface area contributed by atoms with Gasteiger partial charge >= 0.3 is 0 Å². The normalized spacial score (nSPS) is 10.7. The molecule has 0 aromatic carbocycles. The van der Waals surface area contributed by atoms with Crippen LogP contribution in [0.3, 0.4) is 0 Å². The van der Waals surface area contributed by atoms with Gasteiger partial charge in [-0.05, 0) is 41.1 Å². The molecule has 2 aromatic heterocycles. The maximum atomic E-state index is 12.1. The lowest BCUT2D eigenvalue weighted by Gasteiger charge is -2.13. The lowest BCUT2D eigenvalue weighted by Crippen LogP contribution is -2.26. The van der Waals surface area contributed by atoms with E-state index in [4.69, 9.17) is 4.42 Å². The fourth-order valence-electron chi connectivity index (χ4n) is 1.60. The molecule has 0 N–H and O–H groups in total. The zero-order valence-electron chi connectivity index (χ0n) is 10.5. The van der Waals surface area contributed by atoms with Crippen molar-refractivity contribution in [1.82, 2.24) is 14.7 Å². The summed E-state index contributed by atoms with van der Waals surface area (Å²) in [5.74, 6) is 0.608. The van der Waals surface area contributed by atoms with E-state index < -0.39 is 0 Å². The fourth-order valence-corrected chi connectivity index (χ4v) is 1.94. The summed E-state index contributed by atoms with van der Waals surface area (Å²) in [6, 6.07) is 5.41. The number of halogens is 1. The molecule has 2 rings (SSSR count). The minimum Gasteiger partial charge on any atom is -0.452 e. The summed E-state index contributed by atoms with van der Waals surface area (Å²) < 4.78 is 7.71. The minimum absolute atomic E-state index is 0.119. The average Bonchev–Trinajstić information content (AvgIpc) is 2.85. The van der Waals surface area contributed by atoms with E-state index in [-0.39, 0.29) is 5.91 Å². The van der Waals surface area contributed by atoms with Crippen LogP contribution in [-0.2, 0) is 13.6 Å². The Morgan fingerprint density at radius 2 is 2.28 bits per heavy atom. The van der Waals surface area contributed by atoms with Gasteiger partial charge in [-0.2, -0.15) is 5.10 Å². The Kier molecular flexibility index (Phi) is 3.56. The quantitative estimate of drug-likeness (QED) is 0.874. The van der Waals surface area contributed by atoms with Crippen LogP contribution in [0.1, 0.15) is 21.9 Å². The van der Waals surface area contributed by atoms with E-state index in [0.29, 0.717) is 16.9 Å². The lowest BCUT2D eigenvalue weighted by molar-refractivity contribution is 0.0768. The summed E-state index contributed by atoms with van der Waals surface area (Å²) in [6.07, 6.45) is 0. The number of rotatable bonds is 3. The SMILES string of the molecule is Cc1cc(C(=O)N(C)Cc2ccc(Br)o2)nn1C. The smallest absolute Gasteiger partial charge is 0.274 e. The zero-order chi connectivity index (χ0) is 13.3. The molecule has 6 heteroatoms. The monoisotopic (exact) mass is 311 g/mol. The van der Waals surface area contributed by atoms with E-state index in [1.807, 2.05) is 20.0 Å². The van der Waals surface area contributed by atoms with E-state index in [1.54, 1.807) is 28.8 Å². The number of carbonyl (C=O) groups excluding carboxylic acids is 1. The average molecular weight is 312 g/mol. The van der Waals surface area contributed by atoms with Gasteiger partial charge in [-0.3, -0.25) is 9.48 Å². The van der Waals surface area contributed by atoms with Crippen molar-refractivity contribution in [3.63, 3.8) is 0 Å². The highest BCUT2D eigenvalue weighted by molar-refractivity contribution is 9.10. The first-order valence-corrected chi connectivity index (χ1v) is 6.27. The molecule has 18 heavy (non-hydrogen) atoms. The number of aromatic nitrogens is 2. The Morgan fingerprint density at radius 1 is 1.56 bits per heavy atom. The molecule has 0 fully saturated rings. The second kappa shape index (κ2) is 4.97. The van der Waals surface area contributed by atoms with Gasteiger partial charge in [0.25, 0.3) is 5.91 Å². The second-order valence-corrected chi connectivity index (χ2v) is 4.94. The third kappa shape index (κ3) is 2.64. The summed E-state index contributed by atoms with van der Waals surface area (Å²) in [5.41, 5.74) is 1.40. The third-order valence-corrected chi connectivity index (χ3v) is 3.13. The number of furan rings is 1. The molecule has 0 atom stereocenters. The van der Waals surface area contributed by atoms with Crippen molar-refractivity contribution in [2.75, 3.05) is 7.05 Å². The molecule has 0 aliphatic carbocycles. The first-order chi connectivity index (χ1) is 8.47. The summed E-state index contributed by atoms with van der Waals surface area (Å²) in [7, 11) is 3.54. The number of carbonyl (C=O) groups is 1. The second-order valence-electron chi connectivity index (χ2n) is 4.16. The van der Waals surface area contributed by atoms with Gasteiger partial charge in [0, 0.05) is 19.8 Å². The van der Waals surface area contributed by atoms with Crippen LogP contribution in [-0.4, -0.2) is 27.6 Å². The highest BCUT2D eigenvalue weighted by Crippen LogP contribution is 2.16. The fraction of sp³-hybridized carbons (Fsp3) is 0.333. The molecule has 0 unspecified atom stereocenters. The molecule has 5 nitrogen and oxygen atoms in total. The molecule has 0 aliphatic rings. The third-order valence-electron chi connectivity index (χ3n) is 2.70. The van der Waals surface area contributed by atoms with Crippen LogP contribution in [0.15, 0.2) is 27.3 Å². The largest absolute Gasteiger partial charge is 0.452 e. The van der Waals surface area contributed by atoms with Crippen molar-refractivity contribution in [2.24, 2.45) is 7.05 Å². The molecule has 2 heterocycles. The summed E-state index contributed by atoms with van der Waals surface area (Å²) in [5, 5.41) is 4.16. The van der Waals surface area contributed by atoms with Gasteiger partial charge in [-0.1, -0.05) is 0 Å². The topological polar surface area (TPSA) is 51.3 Å². The Morgan fingerprint density at radius 3 is 2.78 bits per heavy atom. The van der Waals surface area contributed by atoms with Crippen molar-refractivity contribution in [1.29, 1.82) is 0 Å². The van der Waals surface area contributed by atoms with Gasteiger partial charge in [-0.25, -0.2) is 0 Å². The summed E-state index contributed by atoms with van der Waals surface area (Å²) >= 11 is 3.23. The highest BCUT2D eigenvalue weighted by atomic mass is 79.9. The van der Waals surface area contributed by atoms with Crippen LogP contribution < -0.4 is 0 Å². The molecule has 96 valence electrons. The van der Waals surface area contributed by atoms with Crippen LogP contribution in [0.25, 0.3) is 0 Å². The first kappa shape index (κ1) is 12.9. The van der Waals surface area contributed by atoms with E-state index in [1.165, 1.54) is 0 Å². The van der Waals surface area contributed by atoms with Gasteiger partial charge in [0.05, 0.1) is 6.54 Å². The maximum Gasteiger partial charge on any atom is 0.274 e. The van der Waals surface area contributed by atoms with Gasteiger partial charge < -0.3 is 9.32 Å². The molecule has 0 saturated heterocycles. The Balaban J connectivity index is 2.09. The van der Waals surface area contributed by atoms with Crippen molar-refractivity contribution in [3.8, 4) is 0 Å². The number of amides is 1. The Labute approximate surface area is 114 Å². The molecule has 0 bridgehead atoms. The molecule has 0 radical (unpaired) electrons. The predicted molar refractivity (Wildman–Crippen MR) is 70.2 cm³/mol. The summed E-state index contributed by atoms with van der Waals surface area (Å²) in [6.45, 7) is 2.33. The van der Waals surface area contributed by atoms with Crippen LogP contribution >= 0.6 is 15.9 Å². The number of hydrogen-bond acceptors (Lipinski definition) is 3. The number of nitrogens with zero attached hydrogens (tertiary/aromatic N) is 3. The molecule has 2 aromatic rings. The van der Waals surface area contributed by atoms with E-state index in [9.17, 15) is 4.79 Å². The maximum absolute atomic E-state index is 12.1. The number of aryl methyl sites for hydroxylation is 2. The van der Waals surface area contributed by atoms with Crippen molar-refractivity contribution < 1.29 is 9.21 Å².